The molecule has 2 aliphatic rings. The Morgan fingerprint density at radius 1 is 0.842 bits per heavy atom. The van der Waals surface area contributed by atoms with E-state index in [0.717, 1.165) is 39.3 Å². The maximum atomic E-state index is 12.4. The van der Waals surface area contributed by atoms with Gasteiger partial charge in [0.15, 0.2) is 0 Å². The largest absolute Gasteiger partial charge is 0.497 e. The molecule has 0 amide bonds. The van der Waals surface area contributed by atoms with Crippen molar-refractivity contribution < 1.29 is 28.5 Å². The van der Waals surface area contributed by atoms with Gasteiger partial charge in [-0.1, -0.05) is 42.5 Å². The lowest BCUT2D eigenvalue weighted by Crippen LogP contribution is -2.43. The topological polar surface area (TPSA) is 74.3 Å². The summed E-state index contributed by atoms with van der Waals surface area (Å²) >= 11 is 0. The summed E-state index contributed by atoms with van der Waals surface area (Å²) in [5, 5.41) is 0. The molecule has 7 nitrogen and oxygen atoms in total. The lowest BCUT2D eigenvalue weighted by atomic mass is 9.90. The van der Waals surface area contributed by atoms with Crippen LogP contribution >= 0.6 is 0 Å². The SMILES string of the molecule is COc1ccc(-c2cccc(CO[C@H]3[C@@H](OC(C)=O)[C@@H]4CC(=O)C[C@H]3N4C)c2-c2ccc(OC)cc2)cc1. The smallest absolute Gasteiger partial charge is 0.303 e. The van der Waals surface area contributed by atoms with Gasteiger partial charge in [0.25, 0.3) is 0 Å². The molecule has 2 saturated heterocycles. The third kappa shape index (κ3) is 5.04. The zero-order valence-corrected chi connectivity index (χ0v) is 22.2. The number of likely N-dealkylation sites (N-methyl/N-ethyl adjacent to an activating group) is 1. The number of Topliss-reactive ketones (excluding diaryl/α,β-unsaturated/α-hetero) is 1. The fourth-order valence-electron chi connectivity index (χ4n) is 5.78. The first kappa shape index (κ1) is 25.9. The van der Waals surface area contributed by atoms with E-state index in [-0.39, 0.29) is 23.8 Å². The number of hydrogen-bond acceptors (Lipinski definition) is 7. The van der Waals surface area contributed by atoms with Gasteiger partial charge in [-0.15, -0.1) is 0 Å². The number of methoxy groups -OCH3 is 2. The van der Waals surface area contributed by atoms with E-state index in [0.29, 0.717) is 19.4 Å². The molecule has 0 saturated carbocycles. The van der Waals surface area contributed by atoms with Crippen molar-refractivity contribution in [3.63, 3.8) is 0 Å². The molecule has 5 rings (SSSR count). The second kappa shape index (κ2) is 11.0. The molecule has 4 atom stereocenters. The van der Waals surface area contributed by atoms with E-state index in [2.05, 4.69) is 17.0 Å². The molecule has 0 radical (unpaired) electrons. The van der Waals surface area contributed by atoms with Crippen LogP contribution in [0, 0.1) is 0 Å². The second-order valence-corrected chi connectivity index (χ2v) is 9.89. The van der Waals surface area contributed by atoms with Crippen LogP contribution in [0.5, 0.6) is 11.5 Å². The van der Waals surface area contributed by atoms with Gasteiger partial charge in [0.1, 0.15) is 29.5 Å². The molecule has 3 aromatic rings. The van der Waals surface area contributed by atoms with Gasteiger partial charge in [-0.25, -0.2) is 0 Å². The second-order valence-electron chi connectivity index (χ2n) is 9.89. The Bertz CT molecular complexity index is 1300. The van der Waals surface area contributed by atoms with Crippen LogP contribution in [0.25, 0.3) is 22.3 Å². The predicted octanol–water partition coefficient (Wildman–Crippen LogP) is 4.90. The molecule has 198 valence electrons. The van der Waals surface area contributed by atoms with Gasteiger partial charge >= 0.3 is 5.97 Å². The average molecular weight is 516 g/mol. The maximum absolute atomic E-state index is 12.4. The van der Waals surface area contributed by atoms with Crippen LogP contribution < -0.4 is 9.47 Å². The van der Waals surface area contributed by atoms with Crippen molar-refractivity contribution in [3.05, 3.63) is 72.3 Å². The lowest BCUT2D eigenvalue weighted by molar-refractivity contribution is -0.154. The van der Waals surface area contributed by atoms with Crippen molar-refractivity contribution >= 4 is 11.8 Å². The zero-order valence-electron chi connectivity index (χ0n) is 22.2. The number of hydrogen-bond donors (Lipinski definition) is 0. The molecule has 7 heteroatoms. The Balaban J connectivity index is 1.51. The van der Waals surface area contributed by atoms with Crippen LogP contribution in [0.3, 0.4) is 0 Å². The number of ether oxygens (including phenoxy) is 4. The van der Waals surface area contributed by atoms with E-state index in [1.54, 1.807) is 14.2 Å². The molecule has 3 aromatic carbocycles. The average Bonchev–Trinajstić information content (AvgIpc) is 3.06. The van der Waals surface area contributed by atoms with E-state index in [9.17, 15) is 9.59 Å². The molecule has 0 spiro atoms. The van der Waals surface area contributed by atoms with Crippen LogP contribution in [0.4, 0.5) is 0 Å². The summed E-state index contributed by atoms with van der Waals surface area (Å²) in [4.78, 5) is 26.5. The highest BCUT2D eigenvalue weighted by Gasteiger charge is 2.54. The highest BCUT2D eigenvalue weighted by molar-refractivity contribution is 5.86. The number of piperidine rings is 1. The van der Waals surface area contributed by atoms with E-state index < -0.39 is 12.2 Å². The summed E-state index contributed by atoms with van der Waals surface area (Å²) in [5.41, 5.74) is 5.20. The summed E-state index contributed by atoms with van der Waals surface area (Å²) in [5.74, 6) is 1.39. The molecule has 0 N–H and O–H groups in total. The molecule has 2 bridgehead atoms. The van der Waals surface area contributed by atoms with Crippen molar-refractivity contribution in [2.24, 2.45) is 0 Å². The summed E-state index contributed by atoms with van der Waals surface area (Å²) in [6, 6.07) is 21.9. The standard InChI is InChI=1S/C31H33NO6/c1-19(33)38-31-28-17-23(34)16-27(32(28)2)30(31)37-18-22-6-5-7-26(20-8-12-24(35-3)13-9-20)29(22)21-10-14-25(36-4)15-11-21/h5-15,27-28,30-31H,16-18H2,1-4H3/t27-,28+,30-,31+/m1/s1. The van der Waals surface area contributed by atoms with Crippen molar-refractivity contribution in [2.45, 2.75) is 50.7 Å². The molecule has 2 heterocycles. The highest BCUT2D eigenvalue weighted by atomic mass is 16.6. The minimum atomic E-state index is -0.483. The number of ketones is 1. The van der Waals surface area contributed by atoms with Gasteiger partial charge in [0, 0.05) is 25.8 Å². The minimum Gasteiger partial charge on any atom is -0.497 e. The van der Waals surface area contributed by atoms with E-state index in [1.807, 2.05) is 61.6 Å². The monoisotopic (exact) mass is 515 g/mol. The summed E-state index contributed by atoms with van der Waals surface area (Å²) in [6.45, 7) is 1.71. The maximum Gasteiger partial charge on any atom is 0.303 e. The van der Waals surface area contributed by atoms with Crippen LogP contribution in [-0.4, -0.2) is 62.2 Å². The van der Waals surface area contributed by atoms with Crippen LogP contribution in [0.2, 0.25) is 0 Å². The van der Waals surface area contributed by atoms with E-state index in [1.165, 1.54) is 6.92 Å². The number of benzene rings is 3. The highest BCUT2D eigenvalue weighted by Crippen LogP contribution is 2.40. The van der Waals surface area contributed by atoms with E-state index in [4.69, 9.17) is 18.9 Å². The minimum absolute atomic E-state index is 0.125. The van der Waals surface area contributed by atoms with Crippen molar-refractivity contribution in [1.29, 1.82) is 0 Å². The molecule has 38 heavy (non-hydrogen) atoms. The number of rotatable bonds is 8. The lowest BCUT2D eigenvalue weighted by Gasteiger charge is -2.30. The Morgan fingerprint density at radius 3 is 2.00 bits per heavy atom. The van der Waals surface area contributed by atoms with Crippen LogP contribution in [0.15, 0.2) is 66.7 Å². The number of carbonyl (C=O) groups is 2. The Hall–Kier alpha value is -3.68. The Labute approximate surface area is 223 Å². The first-order chi connectivity index (χ1) is 18.4. The molecule has 0 aliphatic carbocycles. The summed E-state index contributed by atoms with van der Waals surface area (Å²) < 4.78 is 23.0. The van der Waals surface area contributed by atoms with Gasteiger partial charge in [-0.3, -0.25) is 14.5 Å². The molecule has 0 aromatic heterocycles. The van der Waals surface area contributed by atoms with Gasteiger partial charge in [0.05, 0.1) is 26.9 Å². The molecular formula is C31H33NO6. The van der Waals surface area contributed by atoms with E-state index >= 15 is 0 Å². The fourth-order valence-corrected chi connectivity index (χ4v) is 5.78. The number of esters is 1. The van der Waals surface area contributed by atoms with Gasteiger partial charge in [0.2, 0.25) is 0 Å². The zero-order chi connectivity index (χ0) is 26.8. The van der Waals surface area contributed by atoms with Gasteiger partial charge < -0.3 is 18.9 Å². The Kier molecular flexibility index (Phi) is 7.49. The third-order valence-corrected chi connectivity index (χ3v) is 7.67. The van der Waals surface area contributed by atoms with Gasteiger partial charge in [-0.2, -0.15) is 0 Å². The van der Waals surface area contributed by atoms with Crippen molar-refractivity contribution in [2.75, 3.05) is 21.3 Å². The third-order valence-electron chi connectivity index (χ3n) is 7.67. The molecule has 2 aliphatic heterocycles. The van der Waals surface area contributed by atoms with Crippen molar-refractivity contribution in [3.8, 4) is 33.8 Å². The first-order valence-electron chi connectivity index (χ1n) is 12.8. The Morgan fingerprint density at radius 2 is 1.42 bits per heavy atom. The number of nitrogens with zero attached hydrogens (tertiary/aromatic N) is 1. The summed E-state index contributed by atoms with van der Waals surface area (Å²) in [7, 11) is 5.29. The quantitative estimate of drug-likeness (QED) is 0.395. The normalized spacial score (nSPS) is 22.8. The van der Waals surface area contributed by atoms with Crippen LogP contribution in [0.1, 0.15) is 25.3 Å². The first-order valence-corrected chi connectivity index (χ1v) is 12.8. The summed E-state index contributed by atoms with van der Waals surface area (Å²) in [6.07, 6.45) is -0.113. The molecule has 2 fully saturated rings. The fraction of sp³-hybridized carbons (Fsp3) is 0.355. The number of carbonyl (C=O) groups excluding carboxylic acids is 2. The molecular weight excluding hydrogens is 482 g/mol. The van der Waals surface area contributed by atoms with Crippen molar-refractivity contribution in [1.82, 2.24) is 4.90 Å². The number of fused-ring (bicyclic) bond motifs is 2. The molecule has 0 unspecified atom stereocenters. The van der Waals surface area contributed by atoms with Crippen LogP contribution in [-0.2, 0) is 25.7 Å². The predicted molar refractivity (Wildman–Crippen MR) is 144 cm³/mol. The van der Waals surface area contributed by atoms with Gasteiger partial charge in [-0.05, 0) is 59.1 Å².